The quantitative estimate of drug-likeness (QED) is 0.143. The minimum absolute atomic E-state index is 0.831. The molecule has 2 rings (SSSR count). The summed E-state index contributed by atoms with van der Waals surface area (Å²) in [5, 5.41) is 0. The molecule has 0 radical (unpaired) electrons. The van der Waals surface area contributed by atoms with Crippen LogP contribution in [0.5, 0.6) is 0 Å². The largest absolute Gasteiger partial charge is 0.501 e. The van der Waals surface area contributed by atoms with Gasteiger partial charge in [0.1, 0.15) is 0 Å². The molecule has 0 bridgehead atoms. The van der Waals surface area contributed by atoms with E-state index in [9.17, 15) is 0 Å². The van der Waals surface area contributed by atoms with Crippen molar-refractivity contribution in [3.8, 4) is 0 Å². The van der Waals surface area contributed by atoms with E-state index in [2.05, 4.69) is 57.2 Å². The highest BCUT2D eigenvalue weighted by Crippen LogP contribution is 2.13. The summed E-state index contributed by atoms with van der Waals surface area (Å²) in [7, 11) is 0. The topological polar surface area (TPSA) is 18.5 Å². The van der Waals surface area contributed by atoms with Gasteiger partial charge in [0.25, 0.3) is 0 Å². The molecule has 0 fully saturated rings. The summed E-state index contributed by atoms with van der Waals surface area (Å²) < 4.78 is 11.0. The first-order chi connectivity index (χ1) is 17.8. The summed E-state index contributed by atoms with van der Waals surface area (Å²) in [6.07, 6.45) is 23.0. The zero-order chi connectivity index (χ0) is 25.9. The van der Waals surface area contributed by atoms with Gasteiger partial charge in [-0.2, -0.15) is 0 Å². The van der Waals surface area contributed by atoms with Crippen LogP contribution in [0.25, 0.3) is 11.6 Å². The normalized spacial score (nSPS) is 11.2. The molecule has 0 atom stereocenters. The van der Waals surface area contributed by atoms with Crippen LogP contribution in [0.4, 0.5) is 0 Å². The summed E-state index contributed by atoms with van der Waals surface area (Å²) in [4.78, 5) is 0. The van der Waals surface area contributed by atoms with Crippen LogP contribution in [-0.4, -0.2) is 13.2 Å². The van der Waals surface area contributed by atoms with Gasteiger partial charge in [0, 0.05) is 0 Å². The zero-order valence-electron chi connectivity index (χ0n) is 23.4. The van der Waals surface area contributed by atoms with E-state index in [1.54, 1.807) is 6.26 Å². The summed E-state index contributed by atoms with van der Waals surface area (Å²) in [5.74, 6) is 0. The van der Waals surface area contributed by atoms with E-state index >= 15 is 0 Å². The molecule has 2 heteroatoms. The highest BCUT2D eigenvalue weighted by molar-refractivity contribution is 5.62. The Morgan fingerprint density at radius 1 is 0.583 bits per heavy atom. The molecule has 0 aliphatic rings. The predicted molar refractivity (Wildman–Crippen MR) is 159 cm³/mol. The van der Waals surface area contributed by atoms with Gasteiger partial charge in [-0.05, 0) is 42.5 Å². The Balaban J connectivity index is 0.000000397. The van der Waals surface area contributed by atoms with E-state index in [0.29, 0.717) is 0 Å². The molecule has 2 aromatic carbocycles. The minimum Gasteiger partial charge on any atom is -0.501 e. The van der Waals surface area contributed by atoms with Gasteiger partial charge in [0.2, 0.25) is 0 Å². The number of allylic oxidation sites excluding steroid dienone is 1. The maximum absolute atomic E-state index is 5.66. The van der Waals surface area contributed by atoms with Gasteiger partial charge in [0.15, 0.2) is 0 Å². The van der Waals surface area contributed by atoms with Crippen LogP contribution in [0.15, 0.2) is 73.2 Å². The van der Waals surface area contributed by atoms with Crippen LogP contribution in [0.1, 0.15) is 115 Å². The summed E-state index contributed by atoms with van der Waals surface area (Å²) in [6, 6.07) is 20.6. The molecule has 0 aromatic heterocycles. The summed E-state index contributed by atoms with van der Waals surface area (Å²) >= 11 is 0. The molecule has 0 aliphatic carbocycles. The van der Waals surface area contributed by atoms with E-state index in [0.717, 1.165) is 19.6 Å². The van der Waals surface area contributed by atoms with Crippen LogP contribution in [0.2, 0.25) is 0 Å². The number of benzene rings is 2. The molecular formula is C34H52O2. The van der Waals surface area contributed by atoms with Gasteiger partial charge in [0.05, 0.1) is 25.7 Å². The molecule has 0 spiro atoms. The third kappa shape index (κ3) is 18.8. The van der Waals surface area contributed by atoms with Crippen molar-refractivity contribution in [3.63, 3.8) is 0 Å². The SMILES string of the molecule is CCCCCCCCCCCCO/C=C(\C)c1ccccc1.CCCCCO/C=C/c1ccccc1. The molecule has 2 aromatic rings. The van der Waals surface area contributed by atoms with Crippen LogP contribution in [-0.2, 0) is 9.47 Å². The maximum atomic E-state index is 5.66. The van der Waals surface area contributed by atoms with E-state index in [-0.39, 0.29) is 0 Å². The fourth-order valence-electron chi connectivity index (χ4n) is 3.82. The molecule has 0 amide bonds. The van der Waals surface area contributed by atoms with Crippen molar-refractivity contribution in [2.24, 2.45) is 0 Å². The van der Waals surface area contributed by atoms with Gasteiger partial charge in [-0.25, -0.2) is 0 Å². The summed E-state index contributed by atoms with van der Waals surface area (Å²) in [6.45, 7) is 8.25. The molecule has 0 saturated heterocycles. The molecule has 36 heavy (non-hydrogen) atoms. The third-order valence-corrected chi connectivity index (χ3v) is 6.13. The lowest BCUT2D eigenvalue weighted by Gasteiger charge is -2.05. The van der Waals surface area contributed by atoms with E-state index in [1.807, 2.05) is 36.6 Å². The van der Waals surface area contributed by atoms with Crippen molar-refractivity contribution >= 4 is 11.6 Å². The molecule has 0 unspecified atom stereocenters. The lowest BCUT2D eigenvalue weighted by molar-refractivity contribution is 0.241. The Morgan fingerprint density at radius 2 is 1.06 bits per heavy atom. The van der Waals surface area contributed by atoms with Crippen molar-refractivity contribution < 1.29 is 9.47 Å². The van der Waals surface area contributed by atoms with Crippen LogP contribution in [0.3, 0.4) is 0 Å². The second-order valence-electron chi connectivity index (χ2n) is 9.51. The van der Waals surface area contributed by atoms with Gasteiger partial charge in [-0.15, -0.1) is 0 Å². The van der Waals surface area contributed by atoms with Gasteiger partial charge < -0.3 is 9.47 Å². The van der Waals surface area contributed by atoms with Crippen LogP contribution < -0.4 is 0 Å². The molecule has 0 saturated carbocycles. The maximum Gasteiger partial charge on any atom is 0.0873 e. The Hall–Kier alpha value is -2.48. The van der Waals surface area contributed by atoms with Crippen molar-refractivity contribution in [1.82, 2.24) is 0 Å². The Kier molecular flexibility index (Phi) is 21.2. The highest BCUT2D eigenvalue weighted by atomic mass is 16.5. The van der Waals surface area contributed by atoms with E-state index in [1.165, 1.54) is 93.7 Å². The van der Waals surface area contributed by atoms with Crippen LogP contribution in [0, 0.1) is 0 Å². The molecule has 2 nitrogen and oxygen atoms in total. The fourth-order valence-corrected chi connectivity index (χ4v) is 3.82. The third-order valence-electron chi connectivity index (χ3n) is 6.13. The number of hydrogen-bond acceptors (Lipinski definition) is 2. The average Bonchev–Trinajstić information content (AvgIpc) is 2.92. The molecule has 0 heterocycles. The molecule has 0 aliphatic heterocycles. The monoisotopic (exact) mass is 492 g/mol. The number of rotatable bonds is 19. The standard InChI is InChI=1S/C21H34O.C13H18O/c1-3-4-5-6-7-8-9-10-11-15-18-22-19-20(2)21-16-13-12-14-17-21;1-2-3-7-11-14-12-10-13-8-5-4-6-9-13/h12-14,16-17,19H,3-11,15,18H2,1-2H3;4-6,8-10,12H,2-3,7,11H2,1H3/b20-19+;12-10+. The van der Waals surface area contributed by atoms with E-state index < -0.39 is 0 Å². The number of ether oxygens (including phenoxy) is 2. The lowest BCUT2D eigenvalue weighted by Crippen LogP contribution is -1.90. The first kappa shape index (κ1) is 31.5. The average molecular weight is 493 g/mol. The first-order valence-corrected chi connectivity index (χ1v) is 14.4. The Morgan fingerprint density at radius 3 is 1.67 bits per heavy atom. The van der Waals surface area contributed by atoms with Crippen LogP contribution >= 0.6 is 0 Å². The van der Waals surface area contributed by atoms with Crippen molar-refractivity contribution in [2.45, 2.75) is 104 Å². The van der Waals surface area contributed by atoms with Crippen molar-refractivity contribution in [3.05, 3.63) is 84.3 Å². The minimum atomic E-state index is 0.831. The van der Waals surface area contributed by atoms with Crippen molar-refractivity contribution in [2.75, 3.05) is 13.2 Å². The smallest absolute Gasteiger partial charge is 0.0873 e. The lowest BCUT2D eigenvalue weighted by atomic mass is 10.1. The van der Waals surface area contributed by atoms with Gasteiger partial charge >= 0.3 is 0 Å². The first-order valence-electron chi connectivity index (χ1n) is 14.4. The molecular weight excluding hydrogens is 440 g/mol. The second kappa shape index (κ2) is 24.2. The van der Waals surface area contributed by atoms with Gasteiger partial charge in [-0.3, -0.25) is 0 Å². The highest BCUT2D eigenvalue weighted by Gasteiger charge is 1.95. The fraction of sp³-hybridized carbons (Fsp3) is 0.529. The predicted octanol–water partition coefficient (Wildman–Crippen LogP) is 10.8. The van der Waals surface area contributed by atoms with Gasteiger partial charge in [-0.1, -0.05) is 145 Å². The molecule has 200 valence electrons. The Labute approximate surface area is 222 Å². The number of hydrogen-bond donors (Lipinski definition) is 0. The van der Waals surface area contributed by atoms with E-state index in [4.69, 9.17) is 9.47 Å². The molecule has 0 N–H and O–H groups in total. The summed E-state index contributed by atoms with van der Waals surface area (Å²) in [5.41, 5.74) is 3.63. The Bertz CT molecular complexity index is 764. The second-order valence-corrected chi connectivity index (χ2v) is 9.51. The zero-order valence-corrected chi connectivity index (χ0v) is 23.4. The number of unbranched alkanes of at least 4 members (excludes halogenated alkanes) is 11. The van der Waals surface area contributed by atoms with Crippen molar-refractivity contribution in [1.29, 1.82) is 0 Å².